The predicted molar refractivity (Wildman–Crippen MR) is 119 cm³/mol. The molecule has 30 heavy (non-hydrogen) atoms. The van der Waals surface area contributed by atoms with Crippen LogP contribution in [0.15, 0.2) is 46.8 Å². The van der Waals surface area contributed by atoms with Crippen LogP contribution in [0.4, 0.5) is 5.13 Å². The number of anilines is 1. The number of halogens is 2. The average Bonchev–Trinajstić information content (AvgIpc) is 3.16. The van der Waals surface area contributed by atoms with Gasteiger partial charge >= 0.3 is 0 Å². The van der Waals surface area contributed by atoms with Crippen LogP contribution in [0.3, 0.4) is 0 Å². The topological polar surface area (TPSA) is 101 Å². The van der Waals surface area contributed by atoms with Crippen LogP contribution in [0.25, 0.3) is 0 Å². The minimum absolute atomic E-state index is 0.0373. The third-order valence-corrected chi connectivity index (χ3v) is 7.53. The molecular formula is C19H18Cl2N4O3S2. The van der Waals surface area contributed by atoms with Gasteiger partial charge in [-0.15, -0.1) is 10.2 Å². The minimum atomic E-state index is -3.93. The molecule has 0 aliphatic carbocycles. The quantitative estimate of drug-likeness (QED) is 0.467. The largest absolute Gasteiger partial charge is 0.296 e. The summed E-state index contributed by atoms with van der Waals surface area (Å²) in [5, 5.41) is 10.6. The Bertz CT molecular complexity index is 1180. The zero-order chi connectivity index (χ0) is 21.9. The molecule has 2 aromatic carbocycles. The number of carbonyl (C=O) groups is 1. The summed E-state index contributed by atoms with van der Waals surface area (Å²) in [5.74, 6) is -0.545. The van der Waals surface area contributed by atoms with E-state index >= 15 is 0 Å². The Balaban J connectivity index is 1.77. The van der Waals surface area contributed by atoms with Crippen molar-refractivity contribution in [2.24, 2.45) is 0 Å². The zero-order valence-corrected chi connectivity index (χ0v) is 19.2. The van der Waals surface area contributed by atoms with E-state index in [2.05, 4.69) is 20.2 Å². The van der Waals surface area contributed by atoms with Gasteiger partial charge in [-0.2, -0.15) is 0 Å². The Labute approximate surface area is 188 Å². The Morgan fingerprint density at radius 3 is 2.57 bits per heavy atom. The number of amides is 1. The summed E-state index contributed by atoms with van der Waals surface area (Å²) in [6, 6.07) is 11.6. The molecule has 11 heteroatoms. The lowest BCUT2D eigenvalue weighted by molar-refractivity contribution is 0.102. The molecule has 0 saturated carbocycles. The van der Waals surface area contributed by atoms with Gasteiger partial charge in [-0.05, 0) is 42.7 Å². The van der Waals surface area contributed by atoms with Crippen LogP contribution in [0.1, 0.15) is 40.9 Å². The van der Waals surface area contributed by atoms with Crippen molar-refractivity contribution in [2.75, 3.05) is 5.32 Å². The number of sulfonamides is 1. The molecule has 1 atom stereocenters. The molecule has 158 valence electrons. The Morgan fingerprint density at radius 2 is 1.90 bits per heavy atom. The number of aromatic nitrogens is 2. The van der Waals surface area contributed by atoms with Crippen molar-refractivity contribution in [1.82, 2.24) is 14.9 Å². The number of aryl methyl sites for hydroxylation is 1. The highest BCUT2D eigenvalue weighted by Gasteiger charge is 2.26. The van der Waals surface area contributed by atoms with Crippen LogP contribution in [-0.2, 0) is 10.0 Å². The van der Waals surface area contributed by atoms with Gasteiger partial charge in [-0.25, -0.2) is 13.1 Å². The van der Waals surface area contributed by atoms with E-state index in [4.69, 9.17) is 23.2 Å². The third kappa shape index (κ3) is 5.16. The molecule has 1 amide bonds. The first-order chi connectivity index (χ1) is 14.2. The van der Waals surface area contributed by atoms with E-state index in [9.17, 15) is 13.2 Å². The Kier molecular flexibility index (Phi) is 7.10. The number of benzene rings is 2. The van der Waals surface area contributed by atoms with Crippen LogP contribution in [0, 0.1) is 6.92 Å². The van der Waals surface area contributed by atoms with Crippen LogP contribution in [0.2, 0.25) is 10.0 Å². The van der Waals surface area contributed by atoms with Crippen LogP contribution >= 0.6 is 34.5 Å². The molecule has 0 spiro atoms. The number of nitrogens with one attached hydrogen (secondary N) is 2. The summed E-state index contributed by atoms with van der Waals surface area (Å²) in [7, 11) is -3.93. The second-order valence-corrected chi connectivity index (χ2v) is 10.1. The van der Waals surface area contributed by atoms with Crippen molar-refractivity contribution in [1.29, 1.82) is 0 Å². The standard InChI is InChI=1S/C19H18Cl2N4O3S2/c1-3-16(13-7-5-4-6-11(13)2)25-30(27,28)19-24-23-18(29-19)22-17(26)14-9-8-12(20)10-15(14)21/h4-10,16,25H,3H2,1-2H3,(H,22,23,26)/t16-/m0/s1. The molecular weight excluding hydrogens is 467 g/mol. The molecule has 0 bridgehead atoms. The van der Waals surface area contributed by atoms with Gasteiger partial charge in [0.15, 0.2) is 0 Å². The summed E-state index contributed by atoms with van der Waals surface area (Å²) in [6.45, 7) is 3.81. The van der Waals surface area contributed by atoms with Gasteiger partial charge in [0.1, 0.15) is 0 Å². The lowest BCUT2D eigenvalue weighted by atomic mass is 10.0. The molecule has 0 unspecified atom stereocenters. The number of hydrogen-bond acceptors (Lipinski definition) is 6. The van der Waals surface area contributed by atoms with E-state index in [-0.39, 0.29) is 20.1 Å². The van der Waals surface area contributed by atoms with E-state index < -0.39 is 22.0 Å². The van der Waals surface area contributed by atoms with Crippen molar-refractivity contribution in [2.45, 2.75) is 30.6 Å². The molecule has 2 N–H and O–H groups in total. The van der Waals surface area contributed by atoms with Crippen LogP contribution in [0.5, 0.6) is 0 Å². The molecule has 7 nitrogen and oxygen atoms in total. The van der Waals surface area contributed by atoms with Crippen molar-refractivity contribution in [3.8, 4) is 0 Å². The monoisotopic (exact) mass is 484 g/mol. The first kappa shape index (κ1) is 22.6. The SMILES string of the molecule is CC[C@H](NS(=O)(=O)c1nnc(NC(=O)c2ccc(Cl)cc2Cl)s1)c1ccccc1C. The Hall–Kier alpha value is -2.04. The first-order valence-corrected chi connectivity index (χ1v) is 11.9. The molecule has 1 heterocycles. The lowest BCUT2D eigenvalue weighted by Gasteiger charge is -2.18. The smallest absolute Gasteiger partial charge is 0.270 e. The van der Waals surface area contributed by atoms with Gasteiger partial charge in [0, 0.05) is 11.1 Å². The maximum absolute atomic E-state index is 12.8. The molecule has 0 aliphatic rings. The number of hydrogen-bond donors (Lipinski definition) is 2. The van der Waals surface area contributed by atoms with E-state index in [1.165, 1.54) is 18.2 Å². The highest BCUT2D eigenvalue weighted by Crippen LogP contribution is 2.27. The van der Waals surface area contributed by atoms with E-state index in [0.29, 0.717) is 11.4 Å². The molecule has 0 aliphatic heterocycles. The van der Waals surface area contributed by atoms with Crippen molar-refractivity contribution >= 4 is 55.6 Å². The molecule has 3 rings (SSSR count). The normalized spacial score (nSPS) is 12.5. The highest BCUT2D eigenvalue weighted by molar-refractivity contribution is 7.91. The number of carbonyl (C=O) groups excluding carboxylic acids is 1. The summed E-state index contributed by atoms with van der Waals surface area (Å²) >= 11 is 12.6. The van der Waals surface area contributed by atoms with Crippen molar-refractivity contribution in [3.05, 3.63) is 69.2 Å². The van der Waals surface area contributed by atoms with Gasteiger partial charge < -0.3 is 0 Å². The first-order valence-electron chi connectivity index (χ1n) is 8.89. The van der Waals surface area contributed by atoms with E-state index in [0.717, 1.165) is 22.5 Å². The summed E-state index contributed by atoms with van der Waals surface area (Å²) in [6.07, 6.45) is 0.557. The maximum atomic E-state index is 12.8. The number of rotatable bonds is 7. The van der Waals surface area contributed by atoms with Crippen molar-refractivity contribution < 1.29 is 13.2 Å². The fourth-order valence-electron chi connectivity index (χ4n) is 2.79. The third-order valence-electron chi connectivity index (χ3n) is 4.30. The molecule has 0 saturated heterocycles. The van der Waals surface area contributed by atoms with Gasteiger partial charge in [0.25, 0.3) is 15.9 Å². The minimum Gasteiger partial charge on any atom is -0.296 e. The molecule has 0 fully saturated rings. The van der Waals surface area contributed by atoms with Gasteiger partial charge in [-0.1, -0.05) is 65.7 Å². The van der Waals surface area contributed by atoms with Crippen LogP contribution < -0.4 is 10.0 Å². The second-order valence-electron chi connectivity index (χ2n) is 6.39. The number of nitrogens with zero attached hydrogens (tertiary/aromatic N) is 2. The summed E-state index contributed by atoms with van der Waals surface area (Å²) < 4.78 is 28.0. The lowest BCUT2D eigenvalue weighted by Crippen LogP contribution is -2.28. The maximum Gasteiger partial charge on any atom is 0.270 e. The second kappa shape index (κ2) is 9.40. The van der Waals surface area contributed by atoms with Gasteiger partial charge in [0.05, 0.1) is 10.6 Å². The highest BCUT2D eigenvalue weighted by atomic mass is 35.5. The predicted octanol–water partition coefficient (Wildman–Crippen LogP) is 4.84. The van der Waals surface area contributed by atoms with Crippen molar-refractivity contribution in [3.63, 3.8) is 0 Å². The average molecular weight is 485 g/mol. The van der Waals surface area contributed by atoms with E-state index in [1.807, 2.05) is 38.1 Å². The molecule has 1 aromatic heterocycles. The molecule has 3 aromatic rings. The fraction of sp³-hybridized carbons (Fsp3) is 0.211. The summed E-state index contributed by atoms with van der Waals surface area (Å²) in [4.78, 5) is 12.4. The van der Waals surface area contributed by atoms with E-state index in [1.54, 1.807) is 0 Å². The zero-order valence-electron chi connectivity index (χ0n) is 16.0. The molecule has 0 radical (unpaired) electrons. The van der Waals surface area contributed by atoms with Gasteiger partial charge in [0.2, 0.25) is 9.47 Å². The summed E-state index contributed by atoms with van der Waals surface area (Å²) in [5.41, 5.74) is 2.06. The fourth-order valence-corrected chi connectivity index (χ4v) is 5.49. The Morgan fingerprint density at radius 1 is 1.17 bits per heavy atom. The van der Waals surface area contributed by atoms with Gasteiger partial charge in [-0.3, -0.25) is 10.1 Å². The van der Waals surface area contributed by atoms with Crippen LogP contribution in [-0.4, -0.2) is 24.5 Å².